The van der Waals surface area contributed by atoms with Gasteiger partial charge in [-0.2, -0.15) is 0 Å². The standard InChI is InChI=1S/C13H24/c1-5-7-8-9-10-11-13(4)12(3)6-2/h5,7H,6,8-11H2,1-4H3. The smallest absolute Gasteiger partial charge is 0.0320 e. The third kappa shape index (κ3) is 6.62. The predicted octanol–water partition coefficient (Wildman–Crippen LogP) is 4.87. The molecule has 13 heavy (non-hydrogen) atoms. The van der Waals surface area contributed by atoms with E-state index < -0.39 is 0 Å². The summed E-state index contributed by atoms with van der Waals surface area (Å²) in [6.45, 7) is 8.85. The molecule has 0 saturated carbocycles. The summed E-state index contributed by atoms with van der Waals surface area (Å²) in [5.41, 5.74) is 3.18. The Morgan fingerprint density at radius 3 is 2.31 bits per heavy atom. The van der Waals surface area contributed by atoms with Crippen LogP contribution in [0.25, 0.3) is 0 Å². The number of allylic oxidation sites excluding steroid dienone is 4. The molecule has 0 aliphatic heterocycles. The molecule has 0 fully saturated rings. The highest BCUT2D eigenvalue weighted by molar-refractivity contribution is 5.08. The Kier molecular flexibility index (Phi) is 7.77. The molecular formula is C13H24. The van der Waals surface area contributed by atoms with Crippen LogP contribution >= 0.6 is 0 Å². The van der Waals surface area contributed by atoms with Crippen LogP contribution in [0.1, 0.15) is 59.8 Å². The second kappa shape index (κ2) is 8.10. The van der Waals surface area contributed by atoms with Gasteiger partial charge >= 0.3 is 0 Å². The molecule has 0 amide bonds. The van der Waals surface area contributed by atoms with Crippen LogP contribution in [0.2, 0.25) is 0 Å². The maximum atomic E-state index is 2.27. The molecule has 0 aliphatic rings. The van der Waals surface area contributed by atoms with Gasteiger partial charge in [0.25, 0.3) is 0 Å². The normalized spacial score (nSPS) is 13.5. The fourth-order valence-corrected chi connectivity index (χ4v) is 1.33. The molecule has 0 aromatic heterocycles. The van der Waals surface area contributed by atoms with Crippen LogP contribution in [0.4, 0.5) is 0 Å². The van der Waals surface area contributed by atoms with Crippen molar-refractivity contribution in [3.05, 3.63) is 23.3 Å². The summed E-state index contributed by atoms with van der Waals surface area (Å²) in [6.07, 6.45) is 10.8. The Morgan fingerprint density at radius 1 is 1.08 bits per heavy atom. The first-order valence-electron chi connectivity index (χ1n) is 5.48. The summed E-state index contributed by atoms with van der Waals surface area (Å²) in [7, 11) is 0. The van der Waals surface area contributed by atoms with Gasteiger partial charge in [-0.05, 0) is 52.9 Å². The molecule has 0 heteroatoms. The molecule has 0 radical (unpaired) electrons. The van der Waals surface area contributed by atoms with Gasteiger partial charge in [-0.3, -0.25) is 0 Å². The molecule has 0 aromatic carbocycles. The maximum Gasteiger partial charge on any atom is -0.0320 e. The van der Waals surface area contributed by atoms with Gasteiger partial charge in [0.1, 0.15) is 0 Å². The van der Waals surface area contributed by atoms with Crippen LogP contribution in [-0.4, -0.2) is 0 Å². The van der Waals surface area contributed by atoms with Gasteiger partial charge in [0.05, 0.1) is 0 Å². The summed E-state index contributed by atoms with van der Waals surface area (Å²) < 4.78 is 0. The van der Waals surface area contributed by atoms with E-state index in [0.717, 1.165) is 0 Å². The van der Waals surface area contributed by atoms with Gasteiger partial charge in [-0.1, -0.05) is 30.2 Å². The first-order valence-corrected chi connectivity index (χ1v) is 5.48. The molecule has 0 rings (SSSR count). The summed E-state index contributed by atoms with van der Waals surface area (Å²) in [4.78, 5) is 0. The van der Waals surface area contributed by atoms with E-state index in [1.807, 2.05) is 0 Å². The van der Waals surface area contributed by atoms with Crippen LogP contribution in [0.3, 0.4) is 0 Å². The maximum absolute atomic E-state index is 2.27. The molecular weight excluding hydrogens is 156 g/mol. The fourth-order valence-electron chi connectivity index (χ4n) is 1.33. The molecule has 0 unspecified atom stereocenters. The lowest BCUT2D eigenvalue weighted by atomic mass is 10.0. The number of unbranched alkanes of at least 4 members (excludes halogenated alkanes) is 2. The van der Waals surface area contributed by atoms with Crippen molar-refractivity contribution in [2.24, 2.45) is 0 Å². The Labute approximate surface area is 83.7 Å². The minimum absolute atomic E-state index is 1.21. The molecule has 0 aliphatic carbocycles. The van der Waals surface area contributed by atoms with Gasteiger partial charge in [0.2, 0.25) is 0 Å². The van der Waals surface area contributed by atoms with Crippen molar-refractivity contribution in [3.63, 3.8) is 0 Å². The molecule has 0 bridgehead atoms. The summed E-state index contributed by atoms with van der Waals surface area (Å²) in [5, 5.41) is 0. The number of hydrogen-bond donors (Lipinski definition) is 0. The summed E-state index contributed by atoms with van der Waals surface area (Å²) >= 11 is 0. The number of hydrogen-bond acceptors (Lipinski definition) is 0. The van der Waals surface area contributed by atoms with E-state index in [2.05, 4.69) is 39.8 Å². The van der Waals surface area contributed by atoms with Crippen LogP contribution in [0.15, 0.2) is 23.3 Å². The third-order valence-corrected chi connectivity index (χ3v) is 2.67. The fraction of sp³-hybridized carbons (Fsp3) is 0.692. The van der Waals surface area contributed by atoms with Crippen molar-refractivity contribution in [1.82, 2.24) is 0 Å². The van der Waals surface area contributed by atoms with Crippen LogP contribution in [0.5, 0.6) is 0 Å². The zero-order valence-electron chi connectivity index (χ0n) is 9.69. The zero-order valence-corrected chi connectivity index (χ0v) is 9.69. The molecule has 0 spiro atoms. The minimum atomic E-state index is 1.21. The van der Waals surface area contributed by atoms with E-state index in [1.54, 1.807) is 11.1 Å². The molecule has 0 saturated heterocycles. The predicted molar refractivity (Wildman–Crippen MR) is 61.9 cm³/mol. The third-order valence-electron chi connectivity index (χ3n) is 2.67. The molecule has 0 aromatic rings. The van der Waals surface area contributed by atoms with Crippen molar-refractivity contribution in [3.8, 4) is 0 Å². The van der Waals surface area contributed by atoms with Crippen molar-refractivity contribution < 1.29 is 0 Å². The largest absolute Gasteiger partial charge is 0.0917 e. The molecule has 0 atom stereocenters. The lowest BCUT2D eigenvalue weighted by Gasteiger charge is -2.04. The Balaban J connectivity index is 3.53. The van der Waals surface area contributed by atoms with E-state index in [-0.39, 0.29) is 0 Å². The average molecular weight is 180 g/mol. The first-order chi connectivity index (χ1) is 6.22. The molecule has 0 heterocycles. The highest BCUT2D eigenvalue weighted by atomic mass is 14.0. The zero-order chi connectivity index (χ0) is 10.1. The Bertz CT molecular complexity index is 172. The lowest BCUT2D eigenvalue weighted by Crippen LogP contribution is -1.84. The minimum Gasteiger partial charge on any atom is -0.0917 e. The second-order valence-electron chi connectivity index (χ2n) is 3.73. The van der Waals surface area contributed by atoms with E-state index in [0.29, 0.717) is 0 Å². The highest BCUT2D eigenvalue weighted by Gasteiger charge is 1.94. The van der Waals surface area contributed by atoms with Gasteiger partial charge in [0, 0.05) is 0 Å². The van der Waals surface area contributed by atoms with Crippen molar-refractivity contribution in [2.45, 2.75) is 59.8 Å². The SMILES string of the molecule is CC=CCCCCC(C)=C(C)CC. The highest BCUT2D eigenvalue weighted by Crippen LogP contribution is 2.14. The van der Waals surface area contributed by atoms with Gasteiger partial charge in [0.15, 0.2) is 0 Å². The van der Waals surface area contributed by atoms with E-state index >= 15 is 0 Å². The summed E-state index contributed by atoms with van der Waals surface area (Å²) in [6, 6.07) is 0. The lowest BCUT2D eigenvalue weighted by molar-refractivity contribution is 0.734. The summed E-state index contributed by atoms with van der Waals surface area (Å²) in [5.74, 6) is 0. The molecule has 0 nitrogen and oxygen atoms in total. The van der Waals surface area contributed by atoms with E-state index in [4.69, 9.17) is 0 Å². The van der Waals surface area contributed by atoms with Crippen LogP contribution < -0.4 is 0 Å². The van der Waals surface area contributed by atoms with Crippen molar-refractivity contribution in [1.29, 1.82) is 0 Å². The Morgan fingerprint density at radius 2 is 1.77 bits per heavy atom. The number of rotatable bonds is 6. The van der Waals surface area contributed by atoms with Gasteiger partial charge < -0.3 is 0 Å². The average Bonchev–Trinajstić information content (AvgIpc) is 2.16. The first kappa shape index (κ1) is 12.5. The second-order valence-corrected chi connectivity index (χ2v) is 3.73. The van der Waals surface area contributed by atoms with Crippen LogP contribution in [-0.2, 0) is 0 Å². The van der Waals surface area contributed by atoms with Crippen molar-refractivity contribution >= 4 is 0 Å². The topological polar surface area (TPSA) is 0 Å². The van der Waals surface area contributed by atoms with Gasteiger partial charge in [-0.15, -0.1) is 0 Å². The van der Waals surface area contributed by atoms with E-state index in [1.165, 1.54) is 32.1 Å². The molecule has 0 N–H and O–H groups in total. The molecule has 76 valence electrons. The van der Waals surface area contributed by atoms with Crippen LogP contribution in [0, 0.1) is 0 Å². The van der Waals surface area contributed by atoms with Gasteiger partial charge in [-0.25, -0.2) is 0 Å². The Hall–Kier alpha value is -0.520. The monoisotopic (exact) mass is 180 g/mol. The quantitative estimate of drug-likeness (QED) is 0.404. The van der Waals surface area contributed by atoms with Crippen molar-refractivity contribution in [2.75, 3.05) is 0 Å². The van der Waals surface area contributed by atoms with E-state index in [9.17, 15) is 0 Å².